The van der Waals surface area contributed by atoms with Crippen LogP contribution in [0.15, 0.2) is 42.6 Å². The Balaban J connectivity index is 1.92. The second-order valence-electron chi connectivity index (χ2n) is 7.33. The molecule has 152 valence electrons. The van der Waals surface area contributed by atoms with Gasteiger partial charge in [0.05, 0.1) is 27.7 Å². The van der Waals surface area contributed by atoms with E-state index < -0.39 is 10.0 Å². The van der Waals surface area contributed by atoms with Gasteiger partial charge in [-0.3, -0.25) is 4.72 Å². The van der Waals surface area contributed by atoms with Crippen LogP contribution in [-0.4, -0.2) is 24.6 Å². The molecule has 8 heteroatoms. The summed E-state index contributed by atoms with van der Waals surface area (Å²) in [5.74, 6) is 0. The summed E-state index contributed by atoms with van der Waals surface area (Å²) in [4.78, 5) is 7.77. The van der Waals surface area contributed by atoms with E-state index in [0.717, 1.165) is 45.8 Å². The van der Waals surface area contributed by atoms with E-state index >= 15 is 0 Å². The number of sulfonamides is 1. The van der Waals surface area contributed by atoms with Gasteiger partial charge in [-0.1, -0.05) is 43.4 Å². The molecule has 0 aliphatic heterocycles. The minimum absolute atomic E-state index is 0.228. The fourth-order valence-electron chi connectivity index (χ4n) is 4.27. The molecule has 0 aliphatic carbocycles. The van der Waals surface area contributed by atoms with Gasteiger partial charge in [0.1, 0.15) is 0 Å². The lowest BCUT2D eigenvalue weighted by Crippen LogP contribution is -2.25. The van der Waals surface area contributed by atoms with E-state index in [2.05, 4.69) is 46.7 Å². The molecule has 0 bridgehead atoms. The maximum Gasteiger partial charge on any atom is 0.229 e. The van der Waals surface area contributed by atoms with Gasteiger partial charge < -0.3 is 10.7 Å². The van der Waals surface area contributed by atoms with Gasteiger partial charge in [-0.2, -0.15) is 0 Å². The molecule has 4 N–H and O–H groups in total. The van der Waals surface area contributed by atoms with Crippen LogP contribution in [0.25, 0.3) is 21.1 Å². The lowest BCUT2D eigenvalue weighted by molar-refractivity contribution is 0.482. The molecule has 0 unspecified atom stereocenters. The number of aromatic nitrogens is 2. The summed E-state index contributed by atoms with van der Waals surface area (Å²) in [6, 6.07) is 12.1. The van der Waals surface area contributed by atoms with Gasteiger partial charge >= 0.3 is 0 Å². The SMILES string of the molecule is CCC(CC)(c1ccc2sc(N)nc2c1)c1c[nH]c2c(NS(C)(=O)=O)cccc12. The van der Waals surface area contributed by atoms with Crippen molar-refractivity contribution >= 4 is 53.3 Å². The highest BCUT2D eigenvalue weighted by molar-refractivity contribution is 7.92. The second kappa shape index (κ2) is 7.03. The van der Waals surface area contributed by atoms with E-state index in [1.165, 1.54) is 16.9 Å². The molecule has 0 spiro atoms. The third kappa shape index (κ3) is 3.36. The fourth-order valence-corrected chi connectivity index (χ4v) is 5.56. The third-order valence-electron chi connectivity index (χ3n) is 5.69. The van der Waals surface area contributed by atoms with Gasteiger partial charge in [0.15, 0.2) is 5.13 Å². The number of hydrogen-bond donors (Lipinski definition) is 3. The largest absolute Gasteiger partial charge is 0.375 e. The van der Waals surface area contributed by atoms with Crippen LogP contribution in [0.3, 0.4) is 0 Å². The van der Waals surface area contributed by atoms with Crippen molar-refractivity contribution in [3.8, 4) is 0 Å². The molecule has 29 heavy (non-hydrogen) atoms. The van der Waals surface area contributed by atoms with Crippen LogP contribution < -0.4 is 10.5 Å². The molecule has 0 amide bonds. The highest BCUT2D eigenvalue weighted by Crippen LogP contribution is 2.44. The molecule has 2 aromatic heterocycles. The van der Waals surface area contributed by atoms with Crippen LogP contribution in [0.2, 0.25) is 0 Å². The molecule has 0 fully saturated rings. The Morgan fingerprint density at radius 1 is 1.21 bits per heavy atom. The number of rotatable bonds is 6. The van der Waals surface area contributed by atoms with Crippen molar-refractivity contribution in [3.63, 3.8) is 0 Å². The molecule has 2 aromatic carbocycles. The number of fused-ring (bicyclic) bond motifs is 2. The molecular formula is C21H24N4O2S2. The molecule has 0 radical (unpaired) electrons. The Morgan fingerprint density at radius 2 is 1.97 bits per heavy atom. The molecule has 0 saturated carbocycles. The molecule has 2 heterocycles. The summed E-state index contributed by atoms with van der Waals surface area (Å²) in [5, 5.41) is 1.58. The summed E-state index contributed by atoms with van der Waals surface area (Å²) in [7, 11) is -3.37. The number of nitrogens with zero attached hydrogens (tertiary/aromatic N) is 1. The van der Waals surface area contributed by atoms with Crippen LogP contribution in [0.5, 0.6) is 0 Å². The maximum atomic E-state index is 11.8. The first-order valence-corrected chi connectivity index (χ1v) is 12.2. The molecule has 0 aliphatic rings. The van der Waals surface area contributed by atoms with E-state index in [-0.39, 0.29) is 5.41 Å². The van der Waals surface area contributed by atoms with Gasteiger partial charge in [-0.15, -0.1) is 0 Å². The molecular weight excluding hydrogens is 404 g/mol. The fraction of sp³-hybridized carbons (Fsp3) is 0.286. The number of nitrogens with two attached hydrogens (primary N) is 1. The number of H-pyrrole nitrogens is 1. The third-order valence-corrected chi connectivity index (χ3v) is 7.15. The second-order valence-corrected chi connectivity index (χ2v) is 10.1. The quantitative estimate of drug-likeness (QED) is 0.409. The normalized spacial score (nSPS) is 12.7. The first-order valence-electron chi connectivity index (χ1n) is 9.52. The summed E-state index contributed by atoms with van der Waals surface area (Å²) < 4.78 is 27.2. The smallest absolute Gasteiger partial charge is 0.229 e. The standard InChI is InChI=1S/C21H24N4O2S2/c1-4-21(5-2,13-9-10-18-17(11-13)24-20(22)28-18)15-12-23-19-14(15)7-6-8-16(19)25-29(3,26)27/h6-12,23,25H,4-5H2,1-3H3,(H2,22,24). The number of anilines is 2. The molecule has 4 aromatic rings. The van der Waals surface area contributed by atoms with Gasteiger partial charge in [0.2, 0.25) is 10.0 Å². The van der Waals surface area contributed by atoms with Crippen LogP contribution >= 0.6 is 11.3 Å². The van der Waals surface area contributed by atoms with Crippen LogP contribution in [0.1, 0.15) is 37.8 Å². The number of benzene rings is 2. The molecule has 0 atom stereocenters. The average Bonchev–Trinajstić information content (AvgIpc) is 3.26. The Labute approximate surface area is 174 Å². The first-order chi connectivity index (χ1) is 13.8. The number of nitrogens with one attached hydrogen (secondary N) is 2. The summed E-state index contributed by atoms with van der Waals surface area (Å²) in [5.41, 5.74) is 10.3. The van der Waals surface area contributed by atoms with E-state index in [1.807, 2.05) is 18.3 Å². The number of hydrogen-bond acceptors (Lipinski definition) is 5. The summed E-state index contributed by atoms with van der Waals surface area (Å²) in [6.07, 6.45) is 4.95. The van der Waals surface area contributed by atoms with Crippen molar-refractivity contribution < 1.29 is 8.42 Å². The zero-order chi connectivity index (χ0) is 20.8. The van der Waals surface area contributed by atoms with E-state index in [9.17, 15) is 8.42 Å². The van der Waals surface area contributed by atoms with Crippen molar-refractivity contribution in [3.05, 3.63) is 53.7 Å². The van der Waals surface area contributed by atoms with Crippen LogP contribution in [0.4, 0.5) is 10.8 Å². The van der Waals surface area contributed by atoms with E-state index in [1.54, 1.807) is 6.07 Å². The zero-order valence-electron chi connectivity index (χ0n) is 16.6. The number of aromatic amines is 1. The molecule has 6 nitrogen and oxygen atoms in total. The van der Waals surface area contributed by atoms with Crippen molar-refractivity contribution in [1.29, 1.82) is 0 Å². The lowest BCUT2D eigenvalue weighted by Gasteiger charge is -2.32. The monoisotopic (exact) mass is 428 g/mol. The molecule has 4 rings (SSSR count). The lowest BCUT2D eigenvalue weighted by atomic mass is 9.70. The van der Waals surface area contributed by atoms with Crippen molar-refractivity contribution in [2.24, 2.45) is 0 Å². The van der Waals surface area contributed by atoms with Crippen LogP contribution in [-0.2, 0) is 15.4 Å². The Kier molecular flexibility index (Phi) is 4.78. The predicted molar refractivity (Wildman–Crippen MR) is 122 cm³/mol. The Bertz CT molecular complexity index is 1300. The summed E-state index contributed by atoms with van der Waals surface area (Å²) in [6.45, 7) is 4.36. The number of nitrogen functional groups attached to an aromatic ring is 1. The van der Waals surface area contributed by atoms with E-state index in [4.69, 9.17) is 5.73 Å². The van der Waals surface area contributed by atoms with Gasteiger partial charge in [-0.05, 0) is 42.2 Å². The highest BCUT2D eigenvalue weighted by Gasteiger charge is 2.33. The van der Waals surface area contributed by atoms with E-state index in [0.29, 0.717) is 10.8 Å². The summed E-state index contributed by atoms with van der Waals surface area (Å²) >= 11 is 1.49. The highest BCUT2D eigenvalue weighted by atomic mass is 32.2. The number of para-hydroxylation sites is 1. The van der Waals surface area contributed by atoms with Gasteiger partial charge in [0, 0.05) is 17.0 Å². The first kappa shape index (κ1) is 19.7. The topological polar surface area (TPSA) is 101 Å². The number of thiazole rings is 1. The minimum Gasteiger partial charge on any atom is -0.375 e. The maximum absolute atomic E-state index is 11.8. The Morgan fingerprint density at radius 3 is 2.66 bits per heavy atom. The van der Waals surface area contributed by atoms with Gasteiger partial charge in [0.25, 0.3) is 0 Å². The van der Waals surface area contributed by atoms with Crippen LogP contribution in [0, 0.1) is 0 Å². The predicted octanol–water partition coefficient (Wildman–Crippen LogP) is 4.84. The minimum atomic E-state index is -3.37. The Hall–Kier alpha value is -2.58. The van der Waals surface area contributed by atoms with Crippen molar-refractivity contribution in [1.82, 2.24) is 9.97 Å². The van der Waals surface area contributed by atoms with Crippen molar-refractivity contribution in [2.45, 2.75) is 32.1 Å². The van der Waals surface area contributed by atoms with Gasteiger partial charge in [-0.25, -0.2) is 13.4 Å². The molecule has 0 saturated heterocycles. The zero-order valence-corrected chi connectivity index (χ0v) is 18.2. The van der Waals surface area contributed by atoms with Crippen molar-refractivity contribution in [2.75, 3.05) is 16.7 Å². The average molecular weight is 429 g/mol.